The minimum Gasteiger partial charge on any atom is -0.382 e. The van der Waals surface area contributed by atoms with Gasteiger partial charge < -0.3 is 15.5 Å². The predicted molar refractivity (Wildman–Crippen MR) is 82.3 cm³/mol. The number of nitrogens with zero attached hydrogens (tertiary/aromatic N) is 4. The van der Waals surface area contributed by atoms with Crippen LogP contribution in [0.25, 0.3) is 0 Å². The molecule has 0 amide bonds. The van der Waals surface area contributed by atoms with Gasteiger partial charge in [0.2, 0.25) is 0 Å². The van der Waals surface area contributed by atoms with E-state index in [0.717, 1.165) is 18.1 Å². The van der Waals surface area contributed by atoms with Gasteiger partial charge in [-0.1, -0.05) is 6.07 Å². The third-order valence-corrected chi connectivity index (χ3v) is 3.82. The van der Waals surface area contributed by atoms with Gasteiger partial charge in [-0.2, -0.15) is 13.2 Å². The van der Waals surface area contributed by atoms with Crippen LogP contribution in [0.2, 0.25) is 0 Å². The molecule has 0 aromatic carbocycles. The van der Waals surface area contributed by atoms with E-state index >= 15 is 0 Å². The number of halogens is 3. The number of hydrogen-bond donors (Lipinski definition) is 1. The average molecular weight is 323 g/mol. The third-order valence-electron chi connectivity index (χ3n) is 3.82. The van der Waals surface area contributed by atoms with Crippen molar-refractivity contribution in [3.8, 4) is 0 Å². The second kappa shape index (κ2) is 5.94. The summed E-state index contributed by atoms with van der Waals surface area (Å²) >= 11 is 0. The zero-order chi connectivity index (χ0) is 16.4. The lowest BCUT2D eigenvalue weighted by Gasteiger charge is -2.37. The van der Waals surface area contributed by atoms with E-state index in [1.165, 1.54) is 0 Å². The standard InChI is InChI=1S/C15H16F3N5/c16-15(17,18)11-9-12(14(19)21-10-11)22-5-7-23(8-6-22)13-3-1-2-4-20-13/h1-4,9-10H,5-8H2,(H2,19,21). The summed E-state index contributed by atoms with van der Waals surface area (Å²) in [6, 6.07) is 6.73. The molecule has 0 saturated carbocycles. The largest absolute Gasteiger partial charge is 0.417 e. The summed E-state index contributed by atoms with van der Waals surface area (Å²) in [4.78, 5) is 11.9. The lowest BCUT2D eigenvalue weighted by atomic mass is 10.2. The number of anilines is 3. The van der Waals surface area contributed by atoms with Crippen molar-refractivity contribution in [2.45, 2.75) is 6.18 Å². The quantitative estimate of drug-likeness (QED) is 0.920. The molecule has 0 aliphatic carbocycles. The van der Waals surface area contributed by atoms with Crippen LogP contribution in [-0.4, -0.2) is 36.1 Å². The van der Waals surface area contributed by atoms with Crippen molar-refractivity contribution in [3.63, 3.8) is 0 Å². The normalized spacial score (nSPS) is 15.8. The summed E-state index contributed by atoms with van der Waals surface area (Å²) in [5.41, 5.74) is 5.31. The van der Waals surface area contributed by atoms with E-state index in [4.69, 9.17) is 5.73 Å². The second-order valence-corrected chi connectivity index (χ2v) is 5.29. The van der Waals surface area contributed by atoms with Crippen LogP contribution in [-0.2, 0) is 6.18 Å². The molecule has 2 aromatic heterocycles. The van der Waals surface area contributed by atoms with Crippen molar-refractivity contribution in [2.75, 3.05) is 41.7 Å². The van der Waals surface area contributed by atoms with Gasteiger partial charge >= 0.3 is 6.18 Å². The monoisotopic (exact) mass is 323 g/mol. The summed E-state index contributed by atoms with van der Waals surface area (Å²) in [5, 5.41) is 0. The topological polar surface area (TPSA) is 58.3 Å². The molecule has 2 N–H and O–H groups in total. The molecule has 3 rings (SSSR count). The molecule has 5 nitrogen and oxygen atoms in total. The summed E-state index contributed by atoms with van der Waals surface area (Å²) in [6.45, 7) is 2.44. The van der Waals surface area contributed by atoms with E-state index in [-0.39, 0.29) is 5.82 Å². The molecule has 0 unspecified atom stereocenters. The highest BCUT2D eigenvalue weighted by atomic mass is 19.4. The number of alkyl halides is 3. The molecule has 0 bridgehead atoms. The Morgan fingerprint density at radius 3 is 2.30 bits per heavy atom. The fraction of sp³-hybridized carbons (Fsp3) is 0.333. The van der Waals surface area contributed by atoms with Crippen LogP contribution >= 0.6 is 0 Å². The fourth-order valence-electron chi connectivity index (χ4n) is 2.59. The van der Waals surface area contributed by atoms with E-state index < -0.39 is 11.7 Å². The van der Waals surface area contributed by atoms with Crippen molar-refractivity contribution < 1.29 is 13.2 Å². The Morgan fingerprint density at radius 2 is 1.70 bits per heavy atom. The molecule has 23 heavy (non-hydrogen) atoms. The van der Waals surface area contributed by atoms with E-state index in [2.05, 4.69) is 14.9 Å². The van der Waals surface area contributed by atoms with Gasteiger partial charge in [-0.15, -0.1) is 0 Å². The van der Waals surface area contributed by atoms with E-state index in [1.54, 1.807) is 6.20 Å². The number of nitrogen functional groups attached to an aromatic ring is 1. The minimum absolute atomic E-state index is 0.115. The van der Waals surface area contributed by atoms with Crippen LogP contribution in [0, 0.1) is 0 Å². The maximum atomic E-state index is 12.8. The number of rotatable bonds is 2. The lowest BCUT2D eigenvalue weighted by molar-refractivity contribution is -0.137. The third kappa shape index (κ3) is 3.30. The van der Waals surface area contributed by atoms with Gasteiger partial charge in [0.1, 0.15) is 11.6 Å². The van der Waals surface area contributed by atoms with Gasteiger partial charge in [0.05, 0.1) is 11.3 Å². The number of hydrogen-bond acceptors (Lipinski definition) is 5. The van der Waals surface area contributed by atoms with Crippen LogP contribution < -0.4 is 15.5 Å². The van der Waals surface area contributed by atoms with Crippen LogP contribution in [0.15, 0.2) is 36.7 Å². The highest BCUT2D eigenvalue weighted by Crippen LogP contribution is 2.33. The summed E-state index contributed by atoms with van der Waals surface area (Å²) < 4.78 is 38.5. The lowest BCUT2D eigenvalue weighted by Crippen LogP contribution is -2.47. The van der Waals surface area contributed by atoms with Crippen molar-refractivity contribution in [1.82, 2.24) is 9.97 Å². The molecule has 1 aliphatic heterocycles. The van der Waals surface area contributed by atoms with Crippen LogP contribution in [0.1, 0.15) is 5.56 Å². The molecule has 122 valence electrons. The maximum Gasteiger partial charge on any atom is 0.417 e. The Labute approximate surface area is 131 Å². The molecule has 1 fully saturated rings. The zero-order valence-electron chi connectivity index (χ0n) is 12.3. The number of pyridine rings is 2. The first kappa shape index (κ1) is 15.4. The average Bonchev–Trinajstić information content (AvgIpc) is 2.55. The molecule has 3 heterocycles. The first-order valence-electron chi connectivity index (χ1n) is 7.19. The summed E-state index contributed by atoms with van der Waals surface area (Å²) in [7, 11) is 0. The second-order valence-electron chi connectivity index (χ2n) is 5.29. The first-order valence-corrected chi connectivity index (χ1v) is 7.19. The Bertz CT molecular complexity index is 667. The van der Waals surface area contributed by atoms with E-state index in [1.807, 2.05) is 23.1 Å². The zero-order valence-corrected chi connectivity index (χ0v) is 12.3. The summed E-state index contributed by atoms with van der Waals surface area (Å²) in [6.07, 6.45) is -1.94. The van der Waals surface area contributed by atoms with Gasteiger partial charge in [0.25, 0.3) is 0 Å². The van der Waals surface area contributed by atoms with Gasteiger partial charge in [0, 0.05) is 38.6 Å². The minimum atomic E-state index is -4.43. The molecule has 0 atom stereocenters. The number of piperazine rings is 1. The van der Waals surface area contributed by atoms with Gasteiger partial charge in [-0.3, -0.25) is 0 Å². The van der Waals surface area contributed by atoms with Gasteiger partial charge in [-0.25, -0.2) is 9.97 Å². The molecule has 0 spiro atoms. The Kier molecular flexibility index (Phi) is 3.97. The predicted octanol–water partition coefficient (Wildman–Crippen LogP) is 2.40. The first-order chi connectivity index (χ1) is 10.9. The Morgan fingerprint density at radius 1 is 1.00 bits per heavy atom. The maximum absolute atomic E-state index is 12.8. The number of aromatic nitrogens is 2. The van der Waals surface area contributed by atoms with Crippen molar-refractivity contribution in [3.05, 3.63) is 42.2 Å². The molecule has 1 aliphatic rings. The van der Waals surface area contributed by atoms with Crippen molar-refractivity contribution in [2.24, 2.45) is 0 Å². The van der Waals surface area contributed by atoms with Gasteiger partial charge in [-0.05, 0) is 18.2 Å². The molecule has 0 radical (unpaired) electrons. The molecule has 1 saturated heterocycles. The van der Waals surface area contributed by atoms with Crippen molar-refractivity contribution >= 4 is 17.3 Å². The molecule has 2 aromatic rings. The fourth-order valence-corrected chi connectivity index (χ4v) is 2.59. The van der Waals surface area contributed by atoms with Gasteiger partial charge in [0.15, 0.2) is 0 Å². The van der Waals surface area contributed by atoms with E-state index in [9.17, 15) is 13.2 Å². The van der Waals surface area contributed by atoms with Crippen LogP contribution in [0.4, 0.5) is 30.5 Å². The molecular weight excluding hydrogens is 307 g/mol. The Balaban J connectivity index is 1.75. The van der Waals surface area contributed by atoms with Crippen LogP contribution in [0.3, 0.4) is 0 Å². The summed E-state index contributed by atoms with van der Waals surface area (Å²) in [5.74, 6) is 0.978. The number of nitrogens with two attached hydrogens (primary N) is 1. The highest BCUT2D eigenvalue weighted by Gasteiger charge is 2.32. The smallest absolute Gasteiger partial charge is 0.382 e. The SMILES string of the molecule is Nc1ncc(C(F)(F)F)cc1N1CCN(c2ccccn2)CC1. The van der Waals surface area contributed by atoms with Crippen molar-refractivity contribution in [1.29, 1.82) is 0 Å². The Hall–Kier alpha value is -2.51. The van der Waals surface area contributed by atoms with Crippen LogP contribution in [0.5, 0.6) is 0 Å². The molecule has 8 heteroatoms. The molecular formula is C15H16F3N5. The van der Waals surface area contributed by atoms with E-state index in [0.29, 0.717) is 31.9 Å². The highest BCUT2D eigenvalue weighted by molar-refractivity contribution is 5.65.